The third-order valence-corrected chi connectivity index (χ3v) is 6.11. The summed E-state index contributed by atoms with van der Waals surface area (Å²) < 4.78 is 28.8. The molecule has 3 rings (SSSR count). The Labute approximate surface area is 139 Å². The van der Waals surface area contributed by atoms with E-state index in [9.17, 15) is 18.3 Å². The number of carbonyl (C=O) groups is 1. The summed E-state index contributed by atoms with van der Waals surface area (Å²) in [5.74, 6) is -1.10. The van der Waals surface area contributed by atoms with Gasteiger partial charge in [-0.15, -0.1) is 0 Å². The van der Waals surface area contributed by atoms with Crippen LogP contribution in [0.15, 0.2) is 41.8 Å². The molecule has 0 saturated carbocycles. The van der Waals surface area contributed by atoms with E-state index in [0.717, 1.165) is 4.31 Å². The van der Waals surface area contributed by atoms with Crippen LogP contribution in [0.3, 0.4) is 0 Å². The van der Waals surface area contributed by atoms with Crippen molar-refractivity contribution in [2.45, 2.75) is 36.7 Å². The van der Waals surface area contributed by atoms with E-state index in [0.29, 0.717) is 24.8 Å². The molecule has 2 aromatic rings. The smallest absolute Gasteiger partial charge is 0.322 e. The zero-order valence-electron chi connectivity index (χ0n) is 12.9. The minimum absolute atomic E-state index is 0.119. The molecular weight excluding hydrogens is 332 g/mol. The average Bonchev–Trinajstić information content (AvgIpc) is 3.08. The molecule has 1 aromatic heterocycles. The van der Waals surface area contributed by atoms with Crippen LogP contribution in [0.1, 0.15) is 24.8 Å². The number of aliphatic carboxylic acids is 1. The van der Waals surface area contributed by atoms with Gasteiger partial charge in [0.2, 0.25) is 10.0 Å². The predicted molar refractivity (Wildman–Crippen MR) is 84.7 cm³/mol. The van der Waals surface area contributed by atoms with Gasteiger partial charge in [0.25, 0.3) is 0 Å². The normalized spacial score (nSPS) is 19.2. The van der Waals surface area contributed by atoms with E-state index in [4.69, 9.17) is 0 Å². The lowest BCUT2D eigenvalue weighted by Gasteiger charge is -2.32. The van der Waals surface area contributed by atoms with Gasteiger partial charge in [-0.2, -0.15) is 9.40 Å². The number of benzene rings is 1. The van der Waals surface area contributed by atoms with Crippen LogP contribution in [0.5, 0.6) is 0 Å². The fraction of sp³-hybridized carbons (Fsp3) is 0.400. The molecule has 1 unspecified atom stereocenters. The largest absolute Gasteiger partial charge is 0.480 e. The Kier molecular flexibility index (Phi) is 4.63. The Morgan fingerprint density at radius 2 is 2.08 bits per heavy atom. The summed E-state index contributed by atoms with van der Waals surface area (Å²) in [5.41, 5.74) is 0.553. The summed E-state index contributed by atoms with van der Waals surface area (Å²) in [5, 5.41) is 13.4. The van der Waals surface area contributed by atoms with Crippen LogP contribution in [0.25, 0.3) is 0 Å². The highest BCUT2D eigenvalue weighted by Crippen LogP contribution is 2.27. The van der Waals surface area contributed by atoms with Gasteiger partial charge in [-0.05, 0) is 30.9 Å². The van der Waals surface area contributed by atoms with Crippen LogP contribution in [-0.4, -0.2) is 51.1 Å². The second-order valence-corrected chi connectivity index (χ2v) is 7.53. The zero-order chi connectivity index (χ0) is 17.2. The standard InChI is InChI=1S/C15H18N4O4S/c20-15(21)13-6-3-4-8-19(13)24(22,23)14-7-2-1-5-12(14)9-18-11-16-10-17-18/h1-2,5,7,10-11,13H,3-4,6,8-9H2,(H,20,21). The van der Waals surface area contributed by atoms with Crippen molar-refractivity contribution in [1.29, 1.82) is 0 Å². The summed E-state index contributed by atoms with van der Waals surface area (Å²) >= 11 is 0. The minimum atomic E-state index is -3.90. The quantitative estimate of drug-likeness (QED) is 0.861. The minimum Gasteiger partial charge on any atom is -0.480 e. The molecule has 1 aromatic carbocycles. The summed E-state index contributed by atoms with van der Waals surface area (Å²) in [6.45, 7) is 0.470. The molecule has 1 aliphatic rings. The van der Waals surface area contributed by atoms with E-state index in [2.05, 4.69) is 10.1 Å². The topological polar surface area (TPSA) is 105 Å². The molecule has 128 valence electrons. The van der Waals surface area contributed by atoms with Gasteiger partial charge >= 0.3 is 5.97 Å². The van der Waals surface area contributed by atoms with Crippen molar-refractivity contribution in [3.8, 4) is 0 Å². The molecule has 0 spiro atoms. The van der Waals surface area contributed by atoms with Crippen molar-refractivity contribution < 1.29 is 18.3 Å². The van der Waals surface area contributed by atoms with E-state index < -0.39 is 22.0 Å². The number of rotatable bonds is 5. The first kappa shape index (κ1) is 16.6. The van der Waals surface area contributed by atoms with Crippen LogP contribution in [-0.2, 0) is 21.4 Å². The summed E-state index contributed by atoms with van der Waals surface area (Å²) in [6, 6.07) is 5.58. The fourth-order valence-electron chi connectivity index (χ4n) is 2.94. The number of aromatic nitrogens is 3. The molecule has 2 heterocycles. The SMILES string of the molecule is O=C(O)C1CCCCN1S(=O)(=O)c1ccccc1Cn1cncn1. The van der Waals surface area contributed by atoms with E-state index >= 15 is 0 Å². The number of carboxylic acids is 1. The molecule has 0 amide bonds. The lowest BCUT2D eigenvalue weighted by molar-refractivity contribution is -0.142. The summed E-state index contributed by atoms with van der Waals surface area (Å²) in [6.07, 6.45) is 4.59. The van der Waals surface area contributed by atoms with Crippen molar-refractivity contribution in [3.05, 3.63) is 42.5 Å². The molecule has 1 saturated heterocycles. The molecule has 1 fully saturated rings. The molecule has 0 bridgehead atoms. The molecule has 1 atom stereocenters. The van der Waals surface area contributed by atoms with Crippen LogP contribution in [0.4, 0.5) is 0 Å². The van der Waals surface area contributed by atoms with Gasteiger partial charge in [0.1, 0.15) is 18.7 Å². The Morgan fingerprint density at radius 3 is 2.79 bits per heavy atom. The molecule has 9 heteroatoms. The molecular formula is C15H18N4O4S. The summed E-state index contributed by atoms with van der Waals surface area (Å²) in [4.78, 5) is 15.4. The lowest BCUT2D eigenvalue weighted by atomic mass is 10.1. The monoisotopic (exact) mass is 350 g/mol. The van der Waals surface area contributed by atoms with Gasteiger partial charge in [-0.25, -0.2) is 18.1 Å². The van der Waals surface area contributed by atoms with Crippen LogP contribution < -0.4 is 0 Å². The van der Waals surface area contributed by atoms with Gasteiger partial charge in [0, 0.05) is 6.54 Å². The third kappa shape index (κ3) is 3.17. The Bertz CT molecular complexity index is 820. The Balaban J connectivity index is 1.99. The van der Waals surface area contributed by atoms with E-state index in [1.807, 2.05) is 0 Å². The number of nitrogens with zero attached hydrogens (tertiary/aromatic N) is 4. The number of piperidine rings is 1. The van der Waals surface area contributed by atoms with E-state index in [1.165, 1.54) is 23.4 Å². The van der Waals surface area contributed by atoms with Crippen LogP contribution >= 0.6 is 0 Å². The van der Waals surface area contributed by atoms with Gasteiger partial charge in [-0.1, -0.05) is 18.2 Å². The van der Waals surface area contributed by atoms with Crippen LogP contribution in [0, 0.1) is 0 Å². The molecule has 8 nitrogen and oxygen atoms in total. The van der Waals surface area contributed by atoms with Gasteiger partial charge in [-0.3, -0.25) is 4.79 Å². The first-order valence-corrected chi connectivity index (χ1v) is 9.09. The van der Waals surface area contributed by atoms with Crippen molar-refractivity contribution in [2.75, 3.05) is 6.54 Å². The zero-order valence-corrected chi connectivity index (χ0v) is 13.8. The highest BCUT2D eigenvalue weighted by atomic mass is 32.2. The second kappa shape index (κ2) is 6.70. The fourth-order valence-corrected chi connectivity index (χ4v) is 4.81. The van der Waals surface area contributed by atoms with Crippen molar-refractivity contribution in [1.82, 2.24) is 19.1 Å². The molecule has 0 aliphatic carbocycles. The molecule has 1 aliphatic heterocycles. The maximum atomic E-state index is 13.1. The first-order chi connectivity index (χ1) is 11.5. The third-order valence-electron chi connectivity index (χ3n) is 4.10. The highest BCUT2D eigenvalue weighted by Gasteiger charge is 2.38. The highest BCUT2D eigenvalue weighted by molar-refractivity contribution is 7.89. The number of hydrogen-bond donors (Lipinski definition) is 1. The number of carboxylic acid groups (broad SMARTS) is 1. The van der Waals surface area contributed by atoms with Crippen molar-refractivity contribution >= 4 is 16.0 Å². The second-order valence-electron chi connectivity index (χ2n) is 5.67. The maximum absolute atomic E-state index is 13.1. The van der Waals surface area contributed by atoms with Gasteiger partial charge in [0.15, 0.2) is 0 Å². The maximum Gasteiger partial charge on any atom is 0.322 e. The number of hydrogen-bond acceptors (Lipinski definition) is 5. The van der Waals surface area contributed by atoms with E-state index in [-0.39, 0.29) is 18.0 Å². The Morgan fingerprint density at radius 1 is 1.29 bits per heavy atom. The van der Waals surface area contributed by atoms with Crippen molar-refractivity contribution in [2.24, 2.45) is 0 Å². The van der Waals surface area contributed by atoms with Gasteiger partial charge < -0.3 is 5.11 Å². The average molecular weight is 350 g/mol. The van der Waals surface area contributed by atoms with E-state index in [1.54, 1.807) is 18.2 Å². The lowest BCUT2D eigenvalue weighted by Crippen LogP contribution is -2.48. The predicted octanol–water partition coefficient (Wildman–Crippen LogP) is 0.954. The molecule has 24 heavy (non-hydrogen) atoms. The molecule has 0 radical (unpaired) electrons. The molecule has 1 N–H and O–H groups in total. The number of sulfonamides is 1. The first-order valence-electron chi connectivity index (χ1n) is 7.65. The Hall–Kier alpha value is -2.26. The van der Waals surface area contributed by atoms with Crippen molar-refractivity contribution in [3.63, 3.8) is 0 Å². The van der Waals surface area contributed by atoms with Gasteiger partial charge in [0.05, 0.1) is 11.4 Å². The summed E-state index contributed by atoms with van der Waals surface area (Å²) in [7, 11) is -3.90. The van der Waals surface area contributed by atoms with Crippen LogP contribution in [0.2, 0.25) is 0 Å².